The van der Waals surface area contributed by atoms with Crippen LogP contribution in [0, 0.1) is 11.3 Å². The molecule has 1 aliphatic rings. The second-order valence-electron chi connectivity index (χ2n) is 6.65. The van der Waals surface area contributed by atoms with Crippen LogP contribution in [-0.4, -0.2) is 27.9 Å². The maximum absolute atomic E-state index is 9.14. The zero-order valence-corrected chi connectivity index (χ0v) is 14.8. The molecule has 0 amide bonds. The van der Waals surface area contributed by atoms with Crippen molar-refractivity contribution in [3.63, 3.8) is 0 Å². The number of nitrogens with zero attached hydrogens (tertiary/aromatic N) is 4. The van der Waals surface area contributed by atoms with Crippen LogP contribution in [0.2, 0.25) is 0 Å². The van der Waals surface area contributed by atoms with Crippen LogP contribution in [-0.2, 0) is 13.7 Å². The van der Waals surface area contributed by atoms with Gasteiger partial charge in [0.2, 0.25) is 5.88 Å². The fourth-order valence-electron chi connectivity index (χ4n) is 3.49. The molecule has 0 unspecified atom stereocenters. The van der Waals surface area contributed by atoms with E-state index in [0.29, 0.717) is 24.1 Å². The number of aromatic nitrogens is 3. The fourth-order valence-corrected chi connectivity index (χ4v) is 3.49. The van der Waals surface area contributed by atoms with Crippen molar-refractivity contribution in [3.8, 4) is 11.9 Å². The lowest BCUT2D eigenvalue weighted by atomic mass is 9.94. The number of benzene rings is 1. The molecule has 26 heavy (non-hydrogen) atoms. The second kappa shape index (κ2) is 7.14. The van der Waals surface area contributed by atoms with Gasteiger partial charge < -0.3 is 10.1 Å². The van der Waals surface area contributed by atoms with Crippen LogP contribution >= 0.6 is 0 Å². The molecule has 1 N–H and O–H groups in total. The molecule has 1 fully saturated rings. The third kappa shape index (κ3) is 3.26. The molecular formula is C20H21N5O. The van der Waals surface area contributed by atoms with Gasteiger partial charge in [0.25, 0.3) is 0 Å². The number of piperidine rings is 1. The maximum atomic E-state index is 9.14. The Hall–Kier alpha value is -2.91. The molecule has 0 bridgehead atoms. The third-order valence-electron chi connectivity index (χ3n) is 4.91. The van der Waals surface area contributed by atoms with Crippen molar-refractivity contribution in [3.05, 3.63) is 53.3 Å². The van der Waals surface area contributed by atoms with Gasteiger partial charge in [-0.25, -0.2) is 4.98 Å². The Labute approximate surface area is 152 Å². The van der Waals surface area contributed by atoms with Gasteiger partial charge in [-0.15, -0.1) is 0 Å². The van der Waals surface area contributed by atoms with Crippen molar-refractivity contribution < 1.29 is 4.74 Å². The highest BCUT2D eigenvalue weighted by Gasteiger charge is 2.17. The van der Waals surface area contributed by atoms with E-state index in [1.165, 1.54) is 0 Å². The van der Waals surface area contributed by atoms with Crippen molar-refractivity contribution in [1.29, 1.82) is 5.26 Å². The minimum Gasteiger partial charge on any atom is -0.473 e. The SMILES string of the molecule is Cn1nc(C#N)c2ccc(COc3cccc(C4CCNCC4)n3)cc21. The second-order valence-corrected chi connectivity index (χ2v) is 6.65. The van der Waals surface area contributed by atoms with Crippen LogP contribution in [0.5, 0.6) is 5.88 Å². The summed E-state index contributed by atoms with van der Waals surface area (Å²) in [6.07, 6.45) is 2.24. The summed E-state index contributed by atoms with van der Waals surface area (Å²) in [6, 6.07) is 14.1. The Morgan fingerprint density at radius 1 is 1.27 bits per heavy atom. The molecule has 1 aliphatic heterocycles. The molecule has 0 aliphatic carbocycles. The lowest BCUT2D eigenvalue weighted by Crippen LogP contribution is -2.27. The molecule has 2 aromatic heterocycles. The molecule has 0 atom stereocenters. The van der Waals surface area contributed by atoms with Crippen LogP contribution in [0.15, 0.2) is 36.4 Å². The quantitative estimate of drug-likeness (QED) is 0.785. The minimum absolute atomic E-state index is 0.436. The van der Waals surface area contributed by atoms with E-state index in [4.69, 9.17) is 15.0 Å². The molecule has 6 heteroatoms. The first-order chi connectivity index (χ1) is 12.7. The molecule has 0 saturated carbocycles. The predicted octanol–water partition coefficient (Wildman–Crippen LogP) is 2.89. The normalized spacial score (nSPS) is 15.1. The number of fused-ring (bicyclic) bond motifs is 1. The molecule has 6 nitrogen and oxygen atoms in total. The molecule has 3 heterocycles. The topological polar surface area (TPSA) is 75.8 Å². The first kappa shape index (κ1) is 16.6. The van der Waals surface area contributed by atoms with Gasteiger partial charge in [-0.2, -0.15) is 10.4 Å². The molecule has 3 aromatic rings. The maximum Gasteiger partial charge on any atom is 0.213 e. The number of ether oxygens (including phenoxy) is 1. The highest BCUT2D eigenvalue weighted by molar-refractivity contribution is 5.84. The smallest absolute Gasteiger partial charge is 0.213 e. The van der Waals surface area contributed by atoms with Crippen molar-refractivity contribution in [2.45, 2.75) is 25.4 Å². The van der Waals surface area contributed by atoms with Gasteiger partial charge in [0.1, 0.15) is 12.7 Å². The highest BCUT2D eigenvalue weighted by atomic mass is 16.5. The van der Waals surface area contributed by atoms with Crippen molar-refractivity contribution in [2.24, 2.45) is 7.05 Å². The number of hydrogen-bond donors (Lipinski definition) is 1. The summed E-state index contributed by atoms with van der Waals surface area (Å²) in [5, 5.41) is 17.6. The van der Waals surface area contributed by atoms with Crippen LogP contribution in [0.1, 0.15) is 35.7 Å². The molecule has 4 rings (SSSR count). The number of hydrogen-bond acceptors (Lipinski definition) is 5. The fraction of sp³-hybridized carbons (Fsp3) is 0.350. The lowest BCUT2D eigenvalue weighted by molar-refractivity contribution is 0.291. The van der Waals surface area contributed by atoms with Gasteiger partial charge in [-0.3, -0.25) is 4.68 Å². The van der Waals surface area contributed by atoms with Gasteiger partial charge in [0.05, 0.1) is 5.52 Å². The molecule has 1 saturated heterocycles. The third-order valence-corrected chi connectivity index (χ3v) is 4.91. The number of aryl methyl sites for hydroxylation is 1. The van der Waals surface area contributed by atoms with Crippen LogP contribution < -0.4 is 10.1 Å². The number of pyridine rings is 1. The van der Waals surface area contributed by atoms with E-state index in [2.05, 4.69) is 22.6 Å². The summed E-state index contributed by atoms with van der Waals surface area (Å²) in [7, 11) is 1.85. The first-order valence-electron chi connectivity index (χ1n) is 8.91. The summed E-state index contributed by atoms with van der Waals surface area (Å²) in [5.74, 6) is 1.17. The zero-order valence-electron chi connectivity index (χ0n) is 14.8. The molecule has 0 spiro atoms. The van der Waals surface area contributed by atoms with Gasteiger partial charge in [0.15, 0.2) is 5.69 Å². The van der Waals surface area contributed by atoms with Crippen molar-refractivity contribution in [1.82, 2.24) is 20.1 Å². The van der Waals surface area contributed by atoms with Crippen molar-refractivity contribution in [2.75, 3.05) is 13.1 Å². The summed E-state index contributed by atoms with van der Waals surface area (Å²) in [4.78, 5) is 4.70. The monoisotopic (exact) mass is 347 g/mol. The lowest BCUT2D eigenvalue weighted by Gasteiger charge is -2.22. The number of nitrogens with one attached hydrogen (secondary N) is 1. The van der Waals surface area contributed by atoms with Gasteiger partial charge in [-0.05, 0) is 49.7 Å². The predicted molar refractivity (Wildman–Crippen MR) is 98.8 cm³/mol. The Balaban J connectivity index is 1.49. The van der Waals surface area contributed by atoms with Gasteiger partial charge in [-0.1, -0.05) is 12.1 Å². The van der Waals surface area contributed by atoms with E-state index in [-0.39, 0.29) is 0 Å². The summed E-state index contributed by atoms with van der Waals surface area (Å²) in [5.41, 5.74) is 3.52. The molecule has 132 valence electrons. The largest absolute Gasteiger partial charge is 0.473 e. The first-order valence-corrected chi connectivity index (χ1v) is 8.91. The van der Waals surface area contributed by atoms with Crippen LogP contribution in [0.4, 0.5) is 0 Å². The van der Waals surface area contributed by atoms with Crippen molar-refractivity contribution >= 4 is 10.9 Å². The Bertz CT molecular complexity index is 966. The average molecular weight is 347 g/mol. The molecule has 0 radical (unpaired) electrons. The Morgan fingerprint density at radius 3 is 2.92 bits per heavy atom. The van der Waals surface area contributed by atoms with E-state index in [0.717, 1.165) is 48.1 Å². The summed E-state index contributed by atoms with van der Waals surface area (Å²) < 4.78 is 7.65. The molecule has 1 aromatic carbocycles. The van der Waals surface area contributed by atoms with Crippen LogP contribution in [0.25, 0.3) is 10.9 Å². The van der Waals surface area contributed by atoms with E-state index in [1.807, 2.05) is 37.4 Å². The Kier molecular flexibility index (Phi) is 4.55. The van der Waals surface area contributed by atoms with E-state index in [9.17, 15) is 0 Å². The minimum atomic E-state index is 0.436. The standard InChI is InChI=1S/C20H21N5O/c1-25-19-11-14(5-6-16(19)18(12-21)24-25)13-26-20-4-2-3-17(23-20)15-7-9-22-10-8-15/h2-6,11,15,22H,7-10,13H2,1H3. The summed E-state index contributed by atoms with van der Waals surface area (Å²) >= 11 is 0. The van der Waals surface area contributed by atoms with E-state index < -0.39 is 0 Å². The van der Waals surface area contributed by atoms with E-state index in [1.54, 1.807) is 4.68 Å². The molecular weight excluding hydrogens is 326 g/mol. The Morgan fingerprint density at radius 2 is 2.12 bits per heavy atom. The highest BCUT2D eigenvalue weighted by Crippen LogP contribution is 2.25. The van der Waals surface area contributed by atoms with E-state index >= 15 is 0 Å². The van der Waals surface area contributed by atoms with Gasteiger partial charge in [0, 0.05) is 30.1 Å². The van der Waals surface area contributed by atoms with Crippen LogP contribution in [0.3, 0.4) is 0 Å². The number of nitriles is 1. The summed E-state index contributed by atoms with van der Waals surface area (Å²) in [6.45, 7) is 2.53. The average Bonchev–Trinajstić information content (AvgIpc) is 3.03. The van der Waals surface area contributed by atoms with Gasteiger partial charge >= 0.3 is 0 Å². The zero-order chi connectivity index (χ0) is 17.9. The number of rotatable bonds is 4.